The summed E-state index contributed by atoms with van der Waals surface area (Å²) in [7, 11) is 1.98. The van der Waals surface area contributed by atoms with Crippen molar-refractivity contribution in [2.75, 3.05) is 0 Å². The van der Waals surface area contributed by atoms with E-state index in [0.29, 0.717) is 5.82 Å². The smallest absolute Gasteiger partial charge is 0.210 e. The first kappa shape index (κ1) is 16.0. The van der Waals surface area contributed by atoms with Crippen LogP contribution in [0.25, 0.3) is 11.4 Å². The van der Waals surface area contributed by atoms with Crippen LogP contribution in [0, 0.1) is 0 Å². The zero-order valence-electron chi connectivity index (χ0n) is 11.5. The van der Waals surface area contributed by atoms with E-state index in [-0.39, 0.29) is 24.0 Å². The molecule has 2 heterocycles. The van der Waals surface area contributed by atoms with Gasteiger partial charge in [-0.05, 0) is 17.7 Å². The van der Waals surface area contributed by atoms with Crippen LogP contribution in [0.2, 0.25) is 0 Å². The molecule has 19 heavy (non-hydrogen) atoms. The molecule has 0 radical (unpaired) electrons. The molecule has 2 aromatic rings. The zero-order chi connectivity index (χ0) is 12.8. The predicted octanol–water partition coefficient (Wildman–Crippen LogP) is -1.25. The minimum absolute atomic E-state index is 0. The van der Waals surface area contributed by atoms with E-state index >= 15 is 0 Å². The SMILES string of the molecule is CCCCCCn1nnc(-c2ccc[n+](C)c2)n1.[I-]. The molecule has 0 aliphatic heterocycles. The third-order valence-electron chi connectivity index (χ3n) is 2.86. The molecule has 0 N–H and O–H groups in total. The second kappa shape index (κ2) is 8.19. The van der Waals surface area contributed by atoms with Crippen molar-refractivity contribution < 1.29 is 28.5 Å². The van der Waals surface area contributed by atoms with Gasteiger partial charge in [-0.3, -0.25) is 0 Å². The summed E-state index contributed by atoms with van der Waals surface area (Å²) in [4.78, 5) is 1.69. The van der Waals surface area contributed by atoms with E-state index in [0.717, 1.165) is 18.5 Å². The number of unbranched alkanes of at least 4 members (excludes halogenated alkanes) is 3. The highest BCUT2D eigenvalue weighted by Crippen LogP contribution is 2.10. The van der Waals surface area contributed by atoms with Crippen molar-refractivity contribution in [3.05, 3.63) is 24.5 Å². The first-order valence-corrected chi connectivity index (χ1v) is 6.53. The summed E-state index contributed by atoms with van der Waals surface area (Å²) in [5.41, 5.74) is 1.000. The van der Waals surface area contributed by atoms with Crippen LogP contribution >= 0.6 is 0 Å². The van der Waals surface area contributed by atoms with Crippen molar-refractivity contribution in [1.82, 2.24) is 20.2 Å². The lowest BCUT2D eigenvalue weighted by atomic mass is 10.2. The van der Waals surface area contributed by atoms with Crippen LogP contribution in [-0.4, -0.2) is 20.2 Å². The van der Waals surface area contributed by atoms with Crippen LogP contribution in [0.1, 0.15) is 32.6 Å². The Labute approximate surface area is 131 Å². The van der Waals surface area contributed by atoms with Gasteiger partial charge in [0, 0.05) is 6.07 Å². The maximum absolute atomic E-state index is 4.40. The molecule has 2 aromatic heterocycles. The fourth-order valence-electron chi connectivity index (χ4n) is 1.85. The van der Waals surface area contributed by atoms with E-state index in [1.54, 1.807) is 4.80 Å². The number of tetrazole rings is 1. The molecule has 0 saturated carbocycles. The van der Waals surface area contributed by atoms with Crippen LogP contribution in [0.15, 0.2) is 24.5 Å². The van der Waals surface area contributed by atoms with Gasteiger partial charge in [0.05, 0.1) is 12.1 Å². The Hall–Kier alpha value is -1.05. The first-order valence-electron chi connectivity index (χ1n) is 6.53. The molecule has 0 bridgehead atoms. The van der Waals surface area contributed by atoms with Crippen LogP contribution < -0.4 is 28.5 Å². The van der Waals surface area contributed by atoms with Crippen molar-refractivity contribution in [2.45, 2.75) is 39.2 Å². The van der Waals surface area contributed by atoms with Crippen LogP contribution in [0.5, 0.6) is 0 Å². The lowest BCUT2D eigenvalue weighted by Crippen LogP contribution is -3.00. The summed E-state index contributed by atoms with van der Waals surface area (Å²) in [6, 6.07) is 3.98. The lowest BCUT2D eigenvalue weighted by Gasteiger charge is -1.97. The van der Waals surface area contributed by atoms with Gasteiger partial charge in [0.25, 0.3) is 0 Å². The molecule has 0 unspecified atom stereocenters. The Morgan fingerprint density at radius 2 is 2.11 bits per heavy atom. The largest absolute Gasteiger partial charge is 1.00 e. The topological polar surface area (TPSA) is 47.5 Å². The third-order valence-corrected chi connectivity index (χ3v) is 2.86. The third kappa shape index (κ3) is 4.85. The number of hydrogen-bond donors (Lipinski definition) is 0. The standard InChI is InChI=1S/C13H20N5.HI/c1-3-4-5-6-10-18-15-13(14-16-18)12-8-7-9-17(2)11-12;/h7-9,11H,3-6,10H2,1-2H3;1H/q+1;/p-1. The fraction of sp³-hybridized carbons (Fsp3) is 0.538. The van der Waals surface area contributed by atoms with Gasteiger partial charge in [-0.2, -0.15) is 4.80 Å². The van der Waals surface area contributed by atoms with Gasteiger partial charge >= 0.3 is 0 Å². The van der Waals surface area contributed by atoms with E-state index in [1.165, 1.54) is 19.3 Å². The Morgan fingerprint density at radius 3 is 2.84 bits per heavy atom. The average Bonchev–Trinajstić information content (AvgIpc) is 2.83. The van der Waals surface area contributed by atoms with E-state index in [2.05, 4.69) is 22.3 Å². The zero-order valence-corrected chi connectivity index (χ0v) is 13.6. The second-order valence-corrected chi connectivity index (χ2v) is 4.53. The molecule has 104 valence electrons. The molecule has 6 heteroatoms. The molecular formula is C13H20IN5. The minimum atomic E-state index is 0. The quantitative estimate of drug-likeness (QED) is 0.361. The number of aryl methyl sites for hydroxylation is 2. The van der Waals surface area contributed by atoms with E-state index in [9.17, 15) is 0 Å². The van der Waals surface area contributed by atoms with Crippen molar-refractivity contribution >= 4 is 0 Å². The van der Waals surface area contributed by atoms with Crippen molar-refractivity contribution in [3.63, 3.8) is 0 Å². The fourth-order valence-corrected chi connectivity index (χ4v) is 1.85. The van der Waals surface area contributed by atoms with Crippen molar-refractivity contribution in [1.29, 1.82) is 0 Å². The van der Waals surface area contributed by atoms with Gasteiger partial charge in [0.1, 0.15) is 7.05 Å². The molecule has 0 saturated heterocycles. The Kier molecular flexibility index (Phi) is 6.90. The van der Waals surface area contributed by atoms with Crippen LogP contribution in [0.4, 0.5) is 0 Å². The van der Waals surface area contributed by atoms with Gasteiger partial charge in [0.2, 0.25) is 5.82 Å². The molecular weight excluding hydrogens is 353 g/mol. The van der Waals surface area contributed by atoms with Crippen molar-refractivity contribution in [2.24, 2.45) is 7.05 Å². The number of nitrogens with zero attached hydrogens (tertiary/aromatic N) is 5. The summed E-state index contributed by atoms with van der Waals surface area (Å²) in [5, 5.41) is 12.6. The molecule has 0 atom stereocenters. The van der Waals surface area contributed by atoms with Crippen molar-refractivity contribution in [3.8, 4) is 11.4 Å². The molecule has 0 fully saturated rings. The second-order valence-electron chi connectivity index (χ2n) is 4.53. The predicted molar refractivity (Wildman–Crippen MR) is 68.6 cm³/mol. The van der Waals surface area contributed by atoms with E-state index in [4.69, 9.17) is 0 Å². The number of rotatable bonds is 6. The molecule has 0 aromatic carbocycles. The first-order chi connectivity index (χ1) is 8.79. The summed E-state index contributed by atoms with van der Waals surface area (Å²) >= 11 is 0. The average molecular weight is 373 g/mol. The molecule has 2 rings (SSSR count). The summed E-state index contributed by atoms with van der Waals surface area (Å²) < 4.78 is 1.98. The van der Waals surface area contributed by atoms with Gasteiger partial charge in [0.15, 0.2) is 12.4 Å². The van der Waals surface area contributed by atoms with Gasteiger partial charge in [-0.25, -0.2) is 4.57 Å². The Morgan fingerprint density at radius 1 is 1.26 bits per heavy atom. The maximum Gasteiger partial charge on any atom is 0.210 e. The molecule has 0 amide bonds. The molecule has 0 aliphatic carbocycles. The molecule has 0 spiro atoms. The van der Waals surface area contributed by atoms with Gasteiger partial charge in [-0.1, -0.05) is 26.2 Å². The monoisotopic (exact) mass is 373 g/mol. The number of halogens is 1. The number of aromatic nitrogens is 5. The molecule has 5 nitrogen and oxygen atoms in total. The van der Waals surface area contributed by atoms with Crippen LogP contribution in [0.3, 0.4) is 0 Å². The van der Waals surface area contributed by atoms with E-state index in [1.807, 2.05) is 36.1 Å². The Bertz CT molecular complexity index is 497. The van der Waals surface area contributed by atoms with E-state index < -0.39 is 0 Å². The van der Waals surface area contributed by atoms with Gasteiger partial charge < -0.3 is 24.0 Å². The summed E-state index contributed by atoms with van der Waals surface area (Å²) in [6.07, 6.45) is 8.85. The molecule has 0 aliphatic rings. The summed E-state index contributed by atoms with van der Waals surface area (Å²) in [6.45, 7) is 3.06. The number of pyridine rings is 1. The van der Waals surface area contributed by atoms with Crippen LogP contribution in [-0.2, 0) is 13.6 Å². The Balaban J connectivity index is 0.00000180. The number of hydrogen-bond acceptors (Lipinski definition) is 3. The maximum atomic E-state index is 4.40. The highest BCUT2D eigenvalue weighted by atomic mass is 127. The minimum Gasteiger partial charge on any atom is -1.00 e. The normalized spacial score (nSPS) is 10.2. The lowest BCUT2D eigenvalue weighted by molar-refractivity contribution is -0.671. The van der Waals surface area contributed by atoms with Gasteiger partial charge in [-0.15, -0.1) is 10.2 Å². The highest BCUT2D eigenvalue weighted by Gasteiger charge is 2.08. The highest BCUT2D eigenvalue weighted by molar-refractivity contribution is 5.50. The summed E-state index contributed by atoms with van der Waals surface area (Å²) in [5.74, 6) is 0.696.